The third-order valence-corrected chi connectivity index (χ3v) is 3.26. The Morgan fingerprint density at radius 1 is 1.10 bits per heavy atom. The molecule has 0 unspecified atom stereocenters. The standard InChI is InChI=1S/C15H23BrO4/c1-3-5-6-18-7-8-20-15-13(16)9-12(11-17)10-14(15)19-4-2/h9-10,17H,3-8,11H2,1-2H3. The maximum absolute atomic E-state index is 9.20. The van der Waals surface area contributed by atoms with Crippen molar-refractivity contribution in [1.29, 1.82) is 0 Å². The largest absolute Gasteiger partial charge is 0.490 e. The van der Waals surface area contributed by atoms with E-state index in [0.29, 0.717) is 31.3 Å². The number of benzene rings is 1. The van der Waals surface area contributed by atoms with Crippen LogP contribution in [0.15, 0.2) is 16.6 Å². The molecular formula is C15H23BrO4. The number of hydrogen-bond acceptors (Lipinski definition) is 4. The van der Waals surface area contributed by atoms with Crippen LogP contribution in [-0.2, 0) is 11.3 Å². The van der Waals surface area contributed by atoms with E-state index in [2.05, 4.69) is 22.9 Å². The number of hydrogen-bond donors (Lipinski definition) is 1. The number of aliphatic hydroxyl groups excluding tert-OH is 1. The summed E-state index contributed by atoms with van der Waals surface area (Å²) in [5.74, 6) is 1.29. The van der Waals surface area contributed by atoms with E-state index in [1.807, 2.05) is 13.0 Å². The molecule has 0 radical (unpaired) electrons. The van der Waals surface area contributed by atoms with Gasteiger partial charge in [-0.25, -0.2) is 0 Å². The molecule has 0 bridgehead atoms. The zero-order valence-electron chi connectivity index (χ0n) is 12.2. The first kappa shape index (κ1) is 17.3. The molecule has 1 N–H and O–H groups in total. The first-order valence-electron chi connectivity index (χ1n) is 6.99. The van der Waals surface area contributed by atoms with E-state index < -0.39 is 0 Å². The van der Waals surface area contributed by atoms with Crippen LogP contribution >= 0.6 is 15.9 Å². The van der Waals surface area contributed by atoms with Gasteiger partial charge in [-0.05, 0) is 47.0 Å². The van der Waals surface area contributed by atoms with E-state index in [1.165, 1.54) is 0 Å². The van der Waals surface area contributed by atoms with Crippen molar-refractivity contribution in [1.82, 2.24) is 0 Å². The van der Waals surface area contributed by atoms with E-state index >= 15 is 0 Å². The fourth-order valence-electron chi connectivity index (χ4n) is 1.67. The van der Waals surface area contributed by atoms with E-state index in [1.54, 1.807) is 6.07 Å². The van der Waals surface area contributed by atoms with Gasteiger partial charge in [-0.1, -0.05) is 13.3 Å². The first-order chi connectivity index (χ1) is 9.72. The molecular weight excluding hydrogens is 324 g/mol. The van der Waals surface area contributed by atoms with Crippen LogP contribution in [0, 0.1) is 0 Å². The lowest BCUT2D eigenvalue weighted by Gasteiger charge is -2.15. The van der Waals surface area contributed by atoms with Gasteiger partial charge in [0.1, 0.15) is 6.61 Å². The lowest BCUT2D eigenvalue weighted by molar-refractivity contribution is 0.0964. The highest BCUT2D eigenvalue weighted by Crippen LogP contribution is 2.36. The maximum Gasteiger partial charge on any atom is 0.175 e. The number of halogens is 1. The summed E-state index contributed by atoms with van der Waals surface area (Å²) in [6.45, 7) is 6.36. The van der Waals surface area contributed by atoms with Crippen LogP contribution in [0.25, 0.3) is 0 Å². The fourth-order valence-corrected chi connectivity index (χ4v) is 2.27. The average Bonchev–Trinajstić information content (AvgIpc) is 2.44. The predicted molar refractivity (Wildman–Crippen MR) is 82.5 cm³/mol. The number of aliphatic hydroxyl groups is 1. The number of rotatable bonds is 10. The molecule has 20 heavy (non-hydrogen) atoms. The van der Waals surface area contributed by atoms with Crippen LogP contribution < -0.4 is 9.47 Å². The van der Waals surface area contributed by atoms with Crippen LogP contribution in [0.2, 0.25) is 0 Å². The molecule has 0 atom stereocenters. The Labute approximate surface area is 129 Å². The summed E-state index contributed by atoms with van der Waals surface area (Å²) >= 11 is 3.45. The van der Waals surface area contributed by atoms with Crippen molar-refractivity contribution >= 4 is 15.9 Å². The topological polar surface area (TPSA) is 47.9 Å². The van der Waals surface area contributed by atoms with E-state index in [9.17, 15) is 5.11 Å². The second kappa shape index (κ2) is 10.0. The zero-order valence-corrected chi connectivity index (χ0v) is 13.7. The van der Waals surface area contributed by atoms with Crippen molar-refractivity contribution in [2.24, 2.45) is 0 Å². The molecule has 1 aromatic rings. The lowest BCUT2D eigenvalue weighted by atomic mass is 10.2. The van der Waals surface area contributed by atoms with Gasteiger partial charge in [-0.2, -0.15) is 0 Å². The third-order valence-electron chi connectivity index (χ3n) is 2.67. The van der Waals surface area contributed by atoms with Gasteiger partial charge in [0.05, 0.1) is 24.3 Å². The molecule has 0 saturated heterocycles. The molecule has 1 rings (SSSR count). The second-order valence-electron chi connectivity index (χ2n) is 4.31. The molecule has 0 spiro atoms. The molecule has 0 saturated carbocycles. The van der Waals surface area contributed by atoms with Crippen molar-refractivity contribution in [2.45, 2.75) is 33.3 Å². The van der Waals surface area contributed by atoms with Crippen LogP contribution in [0.1, 0.15) is 32.3 Å². The minimum Gasteiger partial charge on any atom is -0.490 e. The quantitative estimate of drug-likeness (QED) is 0.658. The Hall–Kier alpha value is -0.780. The van der Waals surface area contributed by atoms with Crippen LogP contribution in [-0.4, -0.2) is 31.5 Å². The molecule has 0 aliphatic heterocycles. The summed E-state index contributed by atoms with van der Waals surface area (Å²) in [4.78, 5) is 0. The Morgan fingerprint density at radius 2 is 1.90 bits per heavy atom. The summed E-state index contributed by atoms with van der Waals surface area (Å²) in [6, 6.07) is 3.62. The molecule has 4 nitrogen and oxygen atoms in total. The molecule has 0 heterocycles. The Balaban J connectivity index is 2.58. The second-order valence-corrected chi connectivity index (χ2v) is 5.16. The van der Waals surface area contributed by atoms with Gasteiger partial charge >= 0.3 is 0 Å². The van der Waals surface area contributed by atoms with Crippen LogP contribution in [0.5, 0.6) is 11.5 Å². The van der Waals surface area contributed by atoms with Gasteiger partial charge in [0.15, 0.2) is 11.5 Å². The minimum atomic E-state index is -0.0287. The highest BCUT2D eigenvalue weighted by atomic mass is 79.9. The van der Waals surface area contributed by atoms with Crippen molar-refractivity contribution in [2.75, 3.05) is 26.4 Å². The summed E-state index contributed by atoms with van der Waals surface area (Å²) in [5.41, 5.74) is 0.784. The van der Waals surface area contributed by atoms with E-state index in [0.717, 1.165) is 29.5 Å². The number of ether oxygens (including phenoxy) is 3. The monoisotopic (exact) mass is 346 g/mol. The molecule has 0 aliphatic carbocycles. The van der Waals surface area contributed by atoms with E-state index in [4.69, 9.17) is 14.2 Å². The molecule has 5 heteroatoms. The SMILES string of the molecule is CCCCOCCOc1c(Br)cc(CO)cc1OCC. The summed E-state index contributed by atoms with van der Waals surface area (Å²) < 4.78 is 17.5. The van der Waals surface area contributed by atoms with Crippen molar-refractivity contribution < 1.29 is 19.3 Å². The molecule has 0 fully saturated rings. The maximum atomic E-state index is 9.20. The van der Waals surface area contributed by atoms with Gasteiger partial charge in [-0.15, -0.1) is 0 Å². The Morgan fingerprint density at radius 3 is 2.55 bits per heavy atom. The van der Waals surface area contributed by atoms with Crippen molar-refractivity contribution in [3.8, 4) is 11.5 Å². The minimum absolute atomic E-state index is 0.0287. The highest BCUT2D eigenvalue weighted by Gasteiger charge is 2.12. The summed E-state index contributed by atoms with van der Waals surface area (Å²) in [5, 5.41) is 9.20. The van der Waals surface area contributed by atoms with Crippen LogP contribution in [0.4, 0.5) is 0 Å². The smallest absolute Gasteiger partial charge is 0.175 e. The van der Waals surface area contributed by atoms with Gasteiger partial charge in [0, 0.05) is 6.61 Å². The number of unbranched alkanes of at least 4 members (excludes halogenated alkanes) is 1. The van der Waals surface area contributed by atoms with Gasteiger partial charge in [-0.3, -0.25) is 0 Å². The van der Waals surface area contributed by atoms with Crippen LogP contribution in [0.3, 0.4) is 0 Å². The first-order valence-corrected chi connectivity index (χ1v) is 7.78. The Bertz CT molecular complexity index is 396. The van der Waals surface area contributed by atoms with Gasteiger partial charge in [0.2, 0.25) is 0 Å². The highest BCUT2D eigenvalue weighted by molar-refractivity contribution is 9.10. The average molecular weight is 347 g/mol. The predicted octanol–water partition coefficient (Wildman–Crippen LogP) is 3.54. The van der Waals surface area contributed by atoms with Gasteiger partial charge < -0.3 is 19.3 Å². The summed E-state index contributed by atoms with van der Waals surface area (Å²) in [6.07, 6.45) is 2.20. The zero-order chi connectivity index (χ0) is 14.8. The van der Waals surface area contributed by atoms with Gasteiger partial charge in [0.25, 0.3) is 0 Å². The normalized spacial score (nSPS) is 10.6. The molecule has 1 aromatic carbocycles. The van der Waals surface area contributed by atoms with Crippen molar-refractivity contribution in [3.63, 3.8) is 0 Å². The third kappa shape index (κ3) is 5.69. The van der Waals surface area contributed by atoms with E-state index in [-0.39, 0.29) is 6.61 Å². The summed E-state index contributed by atoms with van der Waals surface area (Å²) in [7, 11) is 0. The molecule has 0 aromatic heterocycles. The molecule has 0 aliphatic rings. The fraction of sp³-hybridized carbons (Fsp3) is 0.600. The Kier molecular flexibility index (Phi) is 8.65. The molecule has 114 valence electrons. The van der Waals surface area contributed by atoms with Crippen molar-refractivity contribution in [3.05, 3.63) is 22.2 Å². The molecule has 0 amide bonds. The lowest BCUT2D eigenvalue weighted by Crippen LogP contribution is -2.09.